The number of ether oxygens (including phenoxy) is 1. The monoisotopic (exact) mass is 233 g/mol. The smallest absolute Gasteiger partial charge is 0.335 e. The van der Waals surface area contributed by atoms with Crippen LogP contribution in [0.25, 0.3) is 10.9 Å². The number of rotatable bonds is 4. The average molecular weight is 233 g/mol. The van der Waals surface area contributed by atoms with E-state index >= 15 is 0 Å². The summed E-state index contributed by atoms with van der Waals surface area (Å²) in [4.78, 5) is 14.0. The van der Waals surface area contributed by atoms with Crippen LogP contribution in [0.5, 0.6) is 0 Å². The highest BCUT2D eigenvalue weighted by atomic mass is 16.5. The minimum atomic E-state index is -0.915. The van der Waals surface area contributed by atoms with E-state index in [1.54, 1.807) is 18.2 Å². The van der Waals surface area contributed by atoms with Crippen LogP contribution < -0.4 is 0 Å². The van der Waals surface area contributed by atoms with Crippen LogP contribution in [0.15, 0.2) is 24.3 Å². The third kappa shape index (κ3) is 2.65. The lowest BCUT2D eigenvalue weighted by molar-refractivity contribution is 0.0639. The van der Waals surface area contributed by atoms with Crippen LogP contribution in [-0.2, 0) is 11.3 Å². The molecule has 2 N–H and O–H groups in total. The van der Waals surface area contributed by atoms with Crippen molar-refractivity contribution in [1.82, 2.24) is 4.98 Å². The molecule has 0 aliphatic heterocycles. The van der Waals surface area contributed by atoms with Crippen LogP contribution in [0.3, 0.4) is 0 Å². The van der Waals surface area contributed by atoms with Crippen molar-refractivity contribution < 1.29 is 14.6 Å². The minimum Gasteiger partial charge on any atom is -0.478 e. The molecule has 1 heterocycles. The van der Waals surface area contributed by atoms with Gasteiger partial charge >= 0.3 is 5.97 Å². The Kier molecular flexibility index (Phi) is 3.15. The van der Waals surface area contributed by atoms with Crippen molar-refractivity contribution in [2.75, 3.05) is 0 Å². The highest BCUT2D eigenvalue weighted by Gasteiger charge is 2.06. The Morgan fingerprint density at radius 3 is 2.82 bits per heavy atom. The molecule has 0 amide bonds. The number of hydrogen-bond donors (Lipinski definition) is 2. The van der Waals surface area contributed by atoms with Crippen LogP contribution in [0.4, 0.5) is 0 Å². The number of aromatic carboxylic acids is 1. The molecule has 1 aromatic carbocycles. The van der Waals surface area contributed by atoms with Crippen molar-refractivity contribution in [2.24, 2.45) is 0 Å². The van der Waals surface area contributed by atoms with Crippen molar-refractivity contribution in [3.05, 3.63) is 35.5 Å². The van der Waals surface area contributed by atoms with Crippen LogP contribution >= 0.6 is 0 Å². The Morgan fingerprint density at radius 1 is 1.41 bits per heavy atom. The highest BCUT2D eigenvalue weighted by Crippen LogP contribution is 2.18. The second-order valence-electron chi connectivity index (χ2n) is 4.26. The van der Waals surface area contributed by atoms with Gasteiger partial charge in [-0.1, -0.05) is 6.07 Å². The lowest BCUT2D eigenvalue weighted by Gasteiger charge is -2.04. The quantitative estimate of drug-likeness (QED) is 0.853. The molecule has 1 aromatic heterocycles. The van der Waals surface area contributed by atoms with Gasteiger partial charge in [0.2, 0.25) is 0 Å². The molecule has 2 rings (SSSR count). The zero-order chi connectivity index (χ0) is 12.4. The number of carboxylic acid groups (broad SMARTS) is 1. The van der Waals surface area contributed by atoms with Crippen LogP contribution in [0, 0.1) is 0 Å². The number of fused-ring (bicyclic) bond motifs is 1. The highest BCUT2D eigenvalue weighted by molar-refractivity contribution is 5.93. The van der Waals surface area contributed by atoms with E-state index in [-0.39, 0.29) is 11.7 Å². The van der Waals surface area contributed by atoms with Gasteiger partial charge in [0.05, 0.1) is 18.3 Å². The molecule has 2 aromatic rings. The standard InChI is InChI=1S/C13H15NO3/c1-8(2)17-7-11-5-9-3-4-10(13(15)16)6-12(9)14-11/h3-6,8,14H,7H2,1-2H3,(H,15,16). The number of carboxylic acids is 1. The molecule has 0 spiro atoms. The molecule has 0 radical (unpaired) electrons. The zero-order valence-electron chi connectivity index (χ0n) is 9.86. The van der Waals surface area contributed by atoms with Gasteiger partial charge in [0.1, 0.15) is 0 Å². The van der Waals surface area contributed by atoms with Crippen LogP contribution in [0.1, 0.15) is 29.9 Å². The van der Waals surface area contributed by atoms with Crippen LogP contribution in [-0.4, -0.2) is 22.2 Å². The molecule has 4 heteroatoms. The van der Waals surface area contributed by atoms with Gasteiger partial charge in [-0.05, 0) is 37.4 Å². The fourth-order valence-corrected chi connectivity index (χ4v) is 1.65. The van der Waals surface area contributed by atoms with Gasteiger partial charge in [0, 0.05) is 11.2 Å². The molecular weight excluding hydrogens is 218 g/mol. The van der Waals surface area contributed by atoms with E-state index in [4.69, 9.17) is 9.84 Å². The first-order valence-electron chi connectivity index (χ1n) is 5.53. The molecular formula is C13H15NO3. The van der Waals surface area contributed by atoms with E-state index in [9.17, 15) is 4.79 Å². The van der Waals surface area contributed by atoms with E-state index < -0.39 is 5.97 Å². The first kappa shape index (κ1) is 11.7. The molecule has 0 aliphatic rings. The van der Waals surface area contributed by atoms with Crippen LogP contribution in [0.2, 0.25) is 0 Å². The van der Waals surface area contributed by atoms with Crippen molar-refractivity contribution in [2.45, 2.75) is 26.6 Å². The molecule has 0 saturated carbocycles. The number of carbonyl (C=O) groups is 1. The van der Waals surface area contributed by atoms with E-state index in [0.717, 1.165) is 16.6 Å². The Balaban J connectivity index is 2.27. The number of H-pyrrole nitrogens is 1. The molecule has 17 heavy (non-hydrogen) atoms. The summed E-state index contributed by atoms with van der Waals surface area (Å²) < 4.78 is 5.49. The van der Waals surface area contributed by atoms with Gasteiger partial charge in [0.25, 0.3) is 0 Å². The topological polar surface area (TPSA) is 62.3 Å². The van der Waals surface area contributed by atoms with Gasteiger partial charge in [-0.25, -0.2) is 4.79 Å². The first-order valence-corrected chi connectivity index (χ1v) is 5.53. The van der Waals surface area contributed by atoms with Crippen molar-refractivity contribution in [1.29, 1.82) is 0 Å². The van der Waals surface area contributed by atoms with Crippen molar-refractivity contribution in [3.8, 4) is 0 Å². The molecule has 0 saturated heterocycles. The SMILES string of the molecule is CC(C)OCc1cc2ccc(C(=O)O)cc2[nH]1. The number of hydrogen-bond acceptors (Lipinski definition) is 2. The summed E-state index contributed by atoms with van der Waals surface area (Å²) in [6.45, 7) is 4.46. The van der Waals surface area contributed by atoms with Gasteiger partial charge in [0.15, 0.2) is 0 Å². The Bertz CT molecular complexity index is 543. The molecule has 0 bridgehead atoms. The fourth-order valence-electron chi connectivity index (χ4n) is 1.65. The first-order chi connectivity index (χ1) is 8.06. The maximum absolute atomic E-state index is 10.8. The number of aromatic amines is 1. The number of aromatic nitrogens is 1. The van der Waals surface area contributed by atoms with E-state index in [2.05, 4.69) is 4.98 Å². The third-order valence-electron chi connectivity index (χ3n) is 2.50. The summed E-state index contributed by atoms with van der Waals surface area (Å²) in [6, 6.07) is 7.01. The van der Waals surface area contributed by atoms with Gasteiger partial charge < -0.3 is 14.8 Å². The largest absolute Gasteiger partial charge is 0.478 e. The summed E-state index contributed by atoms with van der Waals surface area (Å²) in [5.74, 6) is -0.915. The van der Waals surface area contributed by atoms with Gasteiger partial charge in [-0.2, -0.15) is 0 Å². The summed E-state index contributed by atoms with van der Waals surface area (Å²) in [5, 5.41) is 9.89. The molecule has 0 unspecified atom stereocenters. The molecule has 0 fully saturated rings. The minimum absolute atomic E-state index is 0.177. The van der Waals surface area contributed by atoms with Gasteiger partial charge in [-0.15, -0.1) is 0 Å². The van der Waals surface area contributed by atoms with Crippen molar-refractivity contribution in [3.63, 3.8) is 0 Å². The second-order valence-corrected chi connectivity index (χ2v) is 4.26. The number of benzene rings is 1. The average Bonchev–Trinajstić information content (AvgIpc) is 2.67. The maximum Gasteiger partial charge on any atom is 0.335 e. The fraction of sp³-hybridized carbons (Fsp3) is 0.308. The summed E-state index contributed by atoms with van der Waals surface area (Å²) in [5.41, 5.74) is 2.07. The Labute approximate surface area is 99.2 Å². The Morgan fingerprint density at radius 2 is 2.18 bits per heavy atom. The normalized spacial score (nSPS) is 11.2. The summed E-state index contributed by atoms with van der Waals surface area (Å²) >= 11 is 0. The predicted octanol–water partition coefficient (Wildman–Crippen LogP) is 2.79. The zero-order valence-corrected chi connectivity index (χ0v) is 9.86. The molecule has 4 nitrogen and oxygen atoms in total. The maximum atomic E-state index is 10.8. The molecule has 90 valence electrons. The summed E-state index contributed by atoms with van der Waals surface area (Å²) in [6.07, 6.45) is 0.177. The number of nitrogens with one attached hydrogen (secondary N) is 1. The lowest BCUT2D eigenvalue weighted by atomic mass is 10.2. The van der Waals surface area contributed by atoms with Gasteiger partial charge in [-0.3, -0.25) is 0 Å². The summed E-state index contributed by atoms with van der Waals surface area (Å²) in [7, 11) is 0. The van der Waals surface area contributed by atoms with Crippen molar-refractivity contribution >= 4 is 16.9 Å². The van der Waals surface area contributed by atoms with E-state index in [1.165, 1.54) is 0 Å². The Hall–Kier alpha value is -1.81. The van der Waals surface area contributed by atoms with E-state index in [0.29, 0.717) is 6.61 Å². The van der Waals surface area contributed by atoms with E-state index in [1.807, 2.05) is 19.9 Å². The second kappa shape index (κ2) is 4.59. The molecule has 0 atom stereocenters. The lowest BCUT2D eigenvalue weighted by Crippen LogP contribution is -2.02. The molecule has 0 aliphatic carbocycles. The predicted molar refractivity (Wildman–Crippen MR) is 65.2 cm³/mol. The third-order valence-corrected chi connectivity index (χ3v) is 2.50.